The van der Waals surface area contributed by atoms with Gasteiger partial charge in [-0.3, -0.25) is 4.57 Å². The minimum absolute atomic E-state index is 0.00293. The molecule has 0 saturated heterocycles. The monoisotopic (exact) mass is 535 g/mol. The van der Waals surface area contributed by atoms with Gasteiger partial charge in [-0.15, -0.1) is 0 Å². The van der Waals surface area contributed by atoms with Crippen molar-refractivity contribution in [3.63, 3.8) is 0 Å². The van der Waals surface area contributed by atoms with Gasteiger partial charge in [0.2, 0.25) is 0 Å². The molecule has 0 spiro atoms. The van der Waals surface area contributed by atoms with Gasteiger partial charge in [0.1, 0.15) is 18.1 Å². The number of carbonyl (C=O) groups excluding carboxylic acids is 1. The molecule has 1 aliphatic rings. The summed E-state index contributed by atoms with van der Waals surface area (Å²) >= 11 is 0. The van der Waals surface area contributed by atoms with Gasteiger partial charge in [-0.25, -0.2) is 23.6 Å². The summed E-state index contributed by atoms with van der Waals surface area (Å²) in [6.45, 7) is 8.82. The highest BCUT2D eigenvalue weighted by molar-refractivity contribution is 5.82. The van der Waals surface area contributed by atoms with Crippen LogP contribution in [0.1, 0.15) is 36.9 Å². The van der Waals surface area contributed by atoms with Gasteiger partial charge in [0, 0.05) is 6.04 Å². The molecule has 11 heteroatoms. The lowest BCUT2D eigenvalue weighted by Crippen LogP contribution is -2.42. The summed E-state index contributed by atoms with van der Waals surface area (Å²) in [7, 11) is 1.75. The first-order valence-electron chi connectivity index (χ1n) is 12.5. The average molecular weight is 536 g/mol. The molecule has 0 radical (unpaired) electrons. The molecule has 200 valence electrons. The fourth-order valence-corrected chi connectivity index (χ4v) is 5.15. The van der Waals surface area contributed by atoms with Crippen molar-refractivity contribution < 1.29 is 22.5 Å². The topological polar surface area (TPSA) is 69.2 Å². The molecule has 1 aliphatic carbocycles. The molecule has 2 aromatic carbocycles. The van der Waals surface area contributed by atoms with E-state index in [1.807, 2.05) is 0 Å². The normalized spacial score (nSPS) is 13.9. The Bertz CT molecular complexity index is 1650. The number of nitrogens with one attached hydrogen (secondary N) is 1. The molecule has 8 nitrogen and oxygen atoms in total. The van der Waals surface area contributed by atoms with Crippen LogP contribution in [0.5, 0.6) is 0 Å². The predicted octanol–water partition coefficient (Wildman–Crippen LogP) is 5.30. The average Bonchev–Trinajstić information content (AvgIpc) is 3.61. The molecule has 1 N–H and O–H groups in total. The summed E-state index contributed by atoms with van der Waals surface area (Å²) < 4.78 is 46.2. The van der Waals surface area contributed by atoms with Crippen molar-refractivity contribution >= 4 is 11.7 Å². The molecule has 1 fully saturated rings. The maximum atomic E-state index is 13.9. The predicted molar refractivity (Wildman–Crippen MR) is 138 cm³/mol. The number of carbonyl (C=O) groups is 1. The van der Waals surface area contributed by atoms with E-state index >= 15 is 0 Å². The first-order valence-corrected chi connectivity index (χ1v) is 12.5. The van der Waals surface area contributed by atoms with Gasteiger partial charge in [-0.1, -0.05) is 31.0 Å². The summed E-state index contributed by atoms with van der Waals surface area (Å²) in [4.78, 5) is 30.9. The highest BCUT2D eigenvalue weighted by Crippen LogP contribution is 2.32. The van der Waals surface area contributed by atoms with E-state index in [1.54, 1.807) is 59.8 Å². The van der Waals surface area contributed by atoms with Crippen molar-refractivity contribution in [3.05, 3.63) is 94.1 Å². The number of aromatic nitrogens is 4. The third kappa shape index (κ3) is 4.74. The van der Waals surface area contributed by atoms with Crippen molar-refractivity contribution in [3.8, 4) is 22.9 Å². The molecule has 0 atom stereocenters. The highest BCUT2D eigenvalue weighted by Gasteiger charge is 2.35. The number of benzene rings is 2. The molecule has 5 rings (SSSR count). The summed E-state index contributed by atoms with van der Waals surface area (Å²) in [6.07, 6.45) is 2.43. The Morgan fingerprint density at radius 3 is 2.44 bits per heavy atom. The molecular formula is C28H26F3N6O2+. The lowest BCUT2D eigenvalue weighted by atomic mass is 10.2. The Labute approximate surface area is 222 Å². The molecule has 2 aromatic heterocycles. The molecule has 0 bridgehead atoms. The molecule has 1 saturated carbocycles. The minimum atomic E-state index is -4.60. The maximum Gasteiger partial charge on any atom is 0.416 e. The standard InChI is InChI=1S/C28H25F3N6O2/c1-18-24(25-34(3)15-16-35(25)22-13-11-20(32-2)12-14-22)37(26(38)33-21-8-4-5-9-21)27(39)36(18)23-10-6-7-19(17-23)28(29,30)31/h6-7,10-17,21H,4-5,8-9H2,1,3H3/p+1. The fraction of sp³-hybridized carbons (Fsp3) is 0.286. The third-order valence-corrected chi connectivity index (χ3v) is 7.07. The van der Waals surface area contributed by atoms with E-state index in [0.29, 0.717) is 22.9 Å². The zero-order valence-corrected chi connectivity index (χ0v) is 21.4. The Morgan fingerprint density at radius 1 is 1.10 bits per heavy atom. The number of nitrogens with zero attached hydrogens (tertiary/aromatic N) is 5. The number of hydrogen-bond acceptors (Lipinski definition) is 2. The molecule has 2 heterocycles. The van der Waals surface area contributed by atoms with Crippen LogP contribution in [-0.4, -0.2) is 25.8 Å². The molecule has 0 aliphatic heterocycles. The number of aryl methyl sites for hydroxylation is 1. The van der Waals surface area contributed by atoms with Crippen LogP contribution in [0.2, 0.25) is 0 Å². The lowest BCUT2D eigenvalue weighted by molar-refractivity contribution is -0.659. The van der Waals surface area contributed by atoms with Gasteiger partial charge in [-0.05, 0) is 50.1 Å². The van der Waals surface area contributed by atoms with Gasteiger partial charge in [0.05, 0.1) is 30.6 Å². The van der Waals surface area contributed by atoms with E-state index in [0.717, 1.165) is 47.0 Å². The quantitative estimate of drug-likeness (QED) is 0.285. The second-order valence-electron chi connectivity index (χ2n) is 9.60. The SMILES string of the molecule is [C-]#[N+]c1ccc(-n2cc[n+](C)c2-c2c(C)n(-c3cccc(C(F)(F)F)c3)c(=O)n2C(=O)NC2CCCC2)cc1. The van der Waals surface area contributed by atoms with Crippen molar-refractivity contribution in [2.24, 2.45) is 7.05 Å². The number of amides is 1. The van der Waals surface area contributed by atoms with Gasteiger partial charge < -0.3 is 5.32 Å². The van der Waals surface area contributed by atoms with Crippen molar-refractivity contribution in [1.82, 2.24) is 19.0 Å². The van der Waals surface area contributed by atoms with Gasteiger partial charge in [0.15, 0.2) is 11.4 Å². The second-order valence-corrected chi connectivity index (χ2v) is 9.60. The van der Waals surface area contributed by atoms with E-state index < -0.39 is 23.5 Å². The van der Waals surface area contributed by atoms with Crippen LogP contribution >= 0.6 is 0 Å². The third-order valence-electron chi connectivity index (χ3n) is 7.07. The summed E-state index contributed by atoms with van der Waals surface area (Å²) in [6, 6.07) is 10.6. The zero-order valence-electron chi connectivity index (χ0n) is 21.4. The number of halogens is 3. The number of hydrogen-bond donors (Lipinski definition) is 1. The second kappa shape index (κ2) is 9.94. The van der Waals surface area contributed by atoms with Crippen molar-refractivity contribution in [1.29, 1.82) is 0 Å². The van der Waals surface area contributed by atoms with Crippen LogP contribution < -0.4 is 15.6 Å². The number of rotatable bonds is 4. The first-order chi connectivity index (χ1) is 18.6. The summed E-state index contributed by atoms with van der Waals surface area (Å²) in [5.74, 6) is 0.465. The van der Waals surface area contributed by atoms with Crippen molar-refractivity contribution in [2.75, 3.05) is 0 Å². The molecule has 0 unspecified atom stereocenters. The fourth-order valence-electron chi connectivity index (χ4n) is 5.15. The molecule has 39 heavy (non-hydrogen) atoms. The number of imidazole rings is 2. The minimum Gasteiger partial charge on any atom is -0.335 e. The van der Waals surface area contributed by atoms with Gasteiger partial charge in [-0.2, -0.15) is 17.7 Å². The van der Waals surface area contributed by atoms with E-state index in [2.05, 4.69) is 10.2 Å². The molecule has 1 amide bonds. The maximum absolute atomic E-state index is 13.9. The molecular weight excluding hydrogens is 509 g/mol. The lowest BCUT2D eigenvalue weighted by Gasteiger charge is -2.13. The Morgan fingerprint density at radius 2 is 1.79 bits per heavy atom. The summed E-state index contributed by atoms with van der Waals surface area (Å²) in [5.41, 5.74) is 0.0151. The van der Waals surface area contributed by atoms with E-state index in [1.165, 1.54) is 12.1 Å². The Kier molecular flexibility index (Phi) is 6.64. The van der Waals surface area contributed by atoms with Crippen LogP contribution in [0.15, 0.2) is 65.7 Å². The van der Waals surface area contributed by atoms with Crippen LogP contribution in [-0.2, 0) is 13.2 Å². The van der Waals surface area contributed by atoms with E-state index in [9.17, 15) is 22.8 Å². The smallest absolute Gasteiger partial charge is 0.335 e. The Balaban J connectivity index is 1.75. The van der Waals surface area contributed by atoms with Crippen LogP contribution in [0.25, 0.3) is 27.7 Å². The molecule has 4 aromatic rings. The van der Waals surface area contributed by atoms with Crippen LogP contribution in [0.4, 0.5) is 23.7 Å². The van der Waals surface area contributed by atoms with Crippen LogP contribution in [0.3, 0.4) is 0 Å². The summed E-state index contributed by atoms with van der Waals surface area (Å²) in [5, 5.41) is 2.94. The van der Waals surface area contributed by atoms with Gasteiger partial charge in [0.25, 0.3) is 0 Å². The van der Waals surface area contributed by atoms with Gasteiger partial charge >= 0.3 is 23.7 Å². The largest absolute Gasteiger partial charge is 0.416 e. The number of alkyl halides is 3. The Hall–Kier alpha value is -4.59. The van der Waals surface area contributed by atoms with E-state index in [4.69, 9.17) is 6.57 Å². The van der Waals surface area contributed by atoms with E-state index in [-0.39, 0.29) is 17.4 Å². The highest BCUT2D eigenvalue weighted by atomic mass is 19.4. The first kappa shape index (κ1) is 26.0. The van der Waals surface area contributed by atoms with Crippen LogP contribution in [0, 0.1) is 13.5 Å². The zero-order chi connectivity index (χ0) is 27.9. The van der Waals surface area contributed by atoms with Crippen molar-refractivity contribution in [2.45, 2.75) is 44.8 Å².